The number of oxazole rings is 1. The largest absolute Gasteiger partial charge is 0.419 e. The van der Waals surface area contributed by atoms with Crippen LogP contribution in [0.25, 0.3) is 11.5 Å². The molecule has 1 aliphatic rings. The van der Waals surface area contributed by atoms with Gasteiger partial charge >= 0.3 is 0 Å². The predicted molar refractivity (Wildman–Crippen MR) is 106 cm³/mol. The molecule has 4 rings (SSSR count). The van der Waals surface area contributed by atoms with Gasteiger partial charge in [-0.1, -0.05) is 30.3 Å². The highest BCUT2D eigenvalue weighted by Gasteiger charge is 2.26. The molecule has 8 heteroatoms. The molecule has 0 spiro atoms. The van der Waals surface area contributed by atoms with E-state index in [9.17, 15) is 15.4 Å². The van der Waals surface area contributed by atoms with Crippen LogP contribution in [-0.4, -0.2) is 36.1 Å². The van der Waals surface area contributed by atoms with Crippen LogP contribution >= 0.6 is 0 Å². The number of nitro groups is 1. The lowest BCUT2D eigenvalue weighted by Gasteiger charge is -2.31. The Hall–Kier alpha value is -3.70. The molecule has 3 aromatic rings. The van der Waals surface area contributed by atoms with Crippen LogP contribution < -0.4 is 9.80 Å². The molecule has 0 aliphatic carbocycles. The number of hydrogen-bond acceptors (Lipinski definition) is 6. The molecular formula is C21H20N5O3+. The lowest BCUT2D eigenvalue weighted by atomic mass is 10.2. The number of nitro benzene ring substituents is 1. The van der Waals surface area contributed by atoms with Crippen molar-refractivity contribution in [3.8, 4) is 17.5 Å². The number of nitrogens with one attached hydrogen (secondary N) is 1. The number of hydrogen-bond donors (Lipinski definition) is 1. The van der Waals surface area contributed by atoms with Crippen LogP contribution in [0, 0.1) is 21.4 Å². The summed E-state index contributed by atoms with van der Waals surface area (Å²) in [5, 5.41) is 20.3. The van der Waals surface area contributed by atoms with Crippen LogP contribution in [0.2, 0.25) is 0 Å². The standard InChI is InChI=1S/C21H19N5O3/c22-14-19-21(29-20(23-19)17-6-8-18(9-7-17)26(27)28)25-12-10-24(11-13-25)15-16-4-2-1-3-5-16/h1-9H,10-13,15H2/p+1. The Labute approximate surface area is 167 Å². The first-order valence-electron chi connectivity index (χ1n) is 9.42. The maximum Gasteiger partial charge on any atom is 0.269 e. The van der Waals surface area contributed by atoms with Crippen molar-refractivity contribution in [1.29, 1.82) is 5.26 Å². The van der Waals surface area contributed by atoms with Gasteiger partial charge in [-0.05, 0) is 12.1 Å². The van der Waals surface area contributed by atoms with E-state index < -0.39 is 4.92 Å². The fourth-order valence-corrected chi connectivity index (χ4v) is 3.54. The quantitative estimate of drug-likeness (QED) is 0.528. The summed E-state index contributed by atoms with van der Waals surface area (Å²) in [6.07, 6.45) is 0. The van der Waals surface area contributed by atoms with Gasteiger partial charge in [-0.25, -0.2) is 0 Å². The minimum atomic E-state index is -0.456. The fourth-order valence-electron chi connectivity index (χ4n) is 3.54. The van der Waals surface area contributed by atoms with E-state index in [1.165, 1.54) is 22.6 Å². The van der Waals surface area contributed by atoms with E-state index in [1.807, 2.05) is 6.07 Å². The molecule has 1 aromatic heterocycles. The maximum absolute atomic E-state index is 10.8. The Morgan fingerprint density at radius 2 is 1.83 bits per heavy atom. The molecule has 8 nitrogen and oxygen atoms in total. The van der Waals surface area contributed by atoms with Gasteiger partial charge in [0.2, 0.25) is 17.5 Å². The highest BCUT2D eigenvalue weighted by atomic mass is 16.6. The molecule has 1 N–H and O–H groups in total. The Morgan fingerprint density at radius 1 is 1.14 bits per heavy atom. The number of piperazine rings is 1. The molecule has 1 saturated heterocycles. The zero-order valence-corrected chi connectivity index (χ0v) is 15.7. The highest BCUT2D eigenvalue weighted by molar-refractivity contribution is 5.61. The van der Waals surface area contributed by atoms with Crippen molar-refractivity contribution < 1.29 is 14.2 Å². The number of anilines is 1. The lowest BCUT2D eigenvalue weighted by molar-refractivity contribution is -0.914. The van der Waals surface area contributed by atoms with Crippen LogP contribution in [0.3, 0.4) is 0 Å². The third-order valence-corrected chi connectivity index (χ3v) is 5.09. The van der Waals surface area contributed by atoms with Gasteiger partial charge in [-0.2, -0.15) is 10.2 Å². The first kappa shape index (κ1) is 18.7. The smallest absolute Gasteiger partial charge is 0.269 e. The van der Waals surface area contributed by atoms with Crippen LogP contribution in [0.15, 0.2) is 59.0 Å². The fraction of sp³-hybridized carbons (Fsp3) is 0.238. The second kappa shape index (κ2) is 8.12. The van der Waals surface area contributed by atoms with Crippen LogP contribution in [0.4, 0.5) is 11.6 Å². The summed E-state index contributed by atoms with van der Waals surface area (Å²) in [6.45, 7) is 4.39. The third-order valence-electron chi connectivity index (χ3n) is 5.09. The third kappa shape index (κ3) is 4.10. The molecule has 29 heavy (non-hydrogen) atoms. The number of aromatic nitrogens is 1. The minimum Gasteiger partial charge on any atom is -0.419 e. The van der Waals surface area contributed by atoms with Crippen molar-refractivity contribution in [2.45, 2.75) is 6.54 Å². The molecule has 1 fully saturated rings. The molecule has 2 aromatic carbocycles. The number of nitrogens with zero attached hydrogens (tertiary/aromatic N) is 4. The second-order valence-electron chi connectivity index (χ2n) is 6.99. The molecule has 1 aliphatic heterocycles. The summed E-state index contributed by atoms with van der Waals surface area (Å²) in [5.74, 6) is 0.769. The van der Waals surface area contributed by atoms with Gasteiger partial charge in [0.25, 0.3) is 5.69 Å². The Balaban J connectivity index is 1.46. The number of quaternary nitrogens is 1. The molecule has 0 radical (unpaired) electrons. The summed E-state index contributed by atoms with van der Waals surface area (Å²) < 4.78 is 5.90. The second-order valence-corrected chi connectivity index (χ2v) is 6.99. The normalized spacial score (nSPS) is 14.5. The van der Waals surface area contributed by atoms with Crippen molar-refractivity contribution in [2.75, 3.05) is 31.1 Å². The van der Waals surface area contributed by atoms with E-state index in [0.29, 0.717) is 17.3 Å². The Bertz CT molecular complexity index is 1030. The highest BCUT2D eigenvalue weighted by Crippen LogP contribution is 2.29. The van der Waals surface area contributed by atoms with Gasteiger partial charge in [0.05, 0.1) is 31.1 Å². The van der Waals surface area contributed by atoms with E-state index in [4.69, 9.17) is 4.42 Å². The molecule has 146 valence electrons. The van der Waals surface area contributed by atoms with Crippen molar-refractivity contribution in [2.24, 2.45) is 0 Å². The lowest BCUT2D eigenvalue weighted by Crippen LogP contribution is -3.13. The van der Waals surface area contributed by atoms with Gasteiger partial charge in [-0.15, -0.1) is 0 Å². The van der Waals surface area contributed by atoms with E-state index in [1.54, 1.807) is 12.1 Å². The SMILES string of the molecule is N#Cc1nc(-c2ccc([N+](=O)[O-])cc2)oc1N1CC[NH+](Cc2ccccc2)CC1. The maximum atomic E-state index is 10.8. The number of non-ortho nitro benzene ring substituents is 1. The van der Waals surface area contributed by atoms with Gasteiger partial charge in [0, 0.05) is 23.3 Å². The van der Waals surface area contributed by atoms with Gasteiger partial charge < -0.3 is 14.2 Å². The van der Waals surface area contributed by atoms with E-state index >= 15 is 0 Å². The zero-order valence-electron chi connectivity index (χ0n) is 15.7. The van der Waals surface area contributed by atoms with Crippen molar-refractivity contribution >= 4 is 11.6 Å². The monoisotopic (exact) mass is 390 g/mol. The topological polar surface area (TPSA) is 101 Å². The number of nitriles is 1. The zero-order chi connectivity index (χ0) is 20.2. The average Bonchev–Trinajstić information content (AvgIpc) is 3.19. The van der Waals surface area contributed by atoms with E-state index in [2.05, 4.69) is 40.2 Å². The minimum absolute atomic E-state index is 0.00134. The first-order chi connectivity index (χ1) is 14.1. The summed E-state index contributed by atoms with van der Waals surface area (Å²) in [4.78, 5) is 18.2. The van der Waals surface area contributed by atoms with Crippen molar-refractivity contribution in [3.05, 3.63) is 76.0 Å². The number of rotatable bonds is 5. The molecule has 0 saturated carbocycles. The van der Waals surface area contributed by atoms with Crippen molar-refractivity contribution in [3.63, 3.8) is 0 Å². The summed E-state index contributed by atoms with van der Waals surface area (Å²) in [7, 11) is 0. The van der Waals surface area contributed by atoms with E-state index in [0.717, 1.165) is 32.7 Å². The molecule has 2 heterocycles. The van der Waals surface area contributed by atoms with E-state index in [-0.39, 0.29) is 11.4 Å². The molecule has 0 unspecified atom stereocenters. The molecule has 0 atom stereocenters. The Kier molecular flexibility index (Phi) is 5.22. The Morgan fingerprint density at radius 3 is 2.45 bits per heavy atom. The average molecular weight is 390 g/mol. The first-order valence-corrected chi connectivity index (χ1v) is 9.42. The summed E-state index contributed by atoms with van der Waals surface area (Å²) >= 11 is 0. The van der Waals surface area contributed by atoms with Crippen molar-refractivity contribution in [1.82, 2.24) is 4.98 Å². The predicted octanol–water partition coefficient (Wildman–Crippen LogP) is 2.03. The molecule has 0 bridgehead atoms. The summed E-state index contributed by atoms with van der Waals surface area (Å²) in [6, 6.07) is 18.5. The summed E-state index contributed by atoms with van der Waals surface area (Å²) in [5.41, 5.74) is 2.16. The van der Waals surface area contributed by atoms with Gasteiger partial charge in [0.1, 0.15) is 12.6 Å². The van der Waals surface area contributed by atoms with Gasteiger partial charge in [0.15, 0.2) is 0 Å². The molecule has 0 amide bonds. The van der Waals surface area contributed by atoms with Crippen LogP contribution in [-0.2, 0) is 6.54 Å². The van der Waals surface area contributed by atoms with Crippen LogP contribution in [0.1, 0.15) is 11.3 Å². The van der Waals surface area contributed by atoms with Crippen LogP contribution in [0.5, 0.6) is 0 Å². The molecular weight excluding hydrogens is 370 g/mol. The van der Waals surface area contributed by atoms with Gasteiger partial charge in [-0.3, -0.25) is 10.1 Å². The number of benzene rings is 2.